The van der Waals surface area contributed by atoms with Crippen LogP contribution in [0.5, 0.6) is 0 Å². The number of amides is 2. The minimum Gasteiger partial charge on any atom is -0.354 e. The normalized spacial score (nSPS) is 19.6. The molecular formula is C11H21N3O2. The van der Waals surface area contributed by atoms with Gasteiger partial charge in [0.05, 0.1) is 6.04 Å². The first kappa shape index (κ1) is 13.0. The largest absolute Gasteiger partial charge is 0.354 e. The maximum Gasteiger partial charge on any atom is 0.222 e. The maximum absolute atomic E-state index is 11.5. The van der Waals surface area contributed by atoms with Crippen molar-refractivity contribution in [2.24, 2.45) is 5.73 Å². The van der Waals surface area contributed by atoms with Crippen LogP contribution in [0.15, 0.2) is 0 Å². The van der Waals surface area contributed by atoms with Crippen molar-refractivity contribution >= 4 is 11.8 Å². The molecule has 4 N–H and O–H groups in total. The molecule has 0 spiro atoms. The number of rotatable bonds is 7. The molecule has 5 nitrogen and oxygen atoms in total. The summed E-state index contributed by atoms with van der Waals surface area (Å²) in [5.74, 6) is 0.0718. The lowest BCUT2D eigenvalue weighted by Crippen LogP contribution is -2.35. The SMILES string of the molecule is NCCCCCCC(=O)NC1CNC(=O)C1. The molecule has 0 aromatic heterocycles. The fourth-order valence-corrected chi connectivity index (χ4v) is 1.79. The Labute approximate surface area is 96.1 Å². The molecule has 0 aromatic rings. The van der Waals surface area contributed by atoms with Crippen LogP contribution in [0.3, 0.4) is 0 Å². The Bertz CT molecular complexity index is 243. The van der Waals surface area contributed by atoms with Gasteiger partial charge in [-0.15, -0.1) is 0 Å². The molecule has 1 aliphatic rings. The van der Waals surface area contributed by atoms with Gasteiger partial charge in [0.15, 0.2) is 0 Å². The summed E-state index contributed by atoms with van der Waals surface area (Å²) in [7, 11) is 0. The molecule has 16 heavy (non-hydrogen) atoms. The number of nitrogens with one attached hydrogen (secondary N) is 2. The zero-order chi connectivity index (χ0) is 11.8. The summed E-state index contributed by atoms with van der Waals surface area (Å²) in [5.41, 5.74) is 5.37. The van der Waals surface area contributed by atoms with Crippen LogP contribution in [0.2, 0.25) is 0 Å². The number of nitrogens with two attached hydrogens (primary N) is 1. The molecule has 2 amide bonds. The van der Waals surface area contributed by atoms with E-state index in [1.54, 1.807) is 0 Å². The molecule has 0 saturated carbocycles. The summed E-state index contributed by atoms with van der Waals surface area (Å²) >= 11 is 0. The van der Waals surface area contributed by atoms with Crippen LogP contribution in [-0.2, 0) is 9.59 Å². The third-order valence-electron chi connectivity index (χ3n) is 2.70. The number of hydrogen-bond donors (Lipinski definition) is 3. The van der Waals surface area contributed by atoms with Gasteiger partial charge in [0.25, 0.3) is 0 Å². The van der Waals surface area contributed by atoms with Crippen molar-refractivity contribution < 1.29 is 9.59 Å². The summed E-state index contributed by atoms with van der Waals surface area (Å²) in [6, 6.07) is -0.0101. The second-order valence-corrected chi connectivity index (χ2v) is 4.23. The standard InChI is InChI=1S/C11H21N3O2/c12-6-4-2-1-3-5-10(15)14-9-7-11(16)13-8-9/h9H,1-8,12H2,(H,13,16)(H,14,15). The Balaban J connectivity index is 2.00. The van der Waals surface area contributed by atoms with Crippen molar-refractivity contribution in [1.82, 2.24) is 10.6 Å². The molecule has 0 bridgehead atoms. The summed E-state index contributed by atoms with van der Waals surface area (Å²) in [4.78, 5) is 22.4. The molecule has 0 radical (unpaired) electrons. The fourth-order valence-electron chi connectivity index (χ4n) is 1.79. The van der Waals surface area contributed by atoms with E-state index in [0.717, 1.165) is 32.2 Å². The minimum absolute atomic E-state index is 0.0101. The Morgan fingerprint density at radius 2 is 2.12 bits per heavy atom. The highest BCUT2D eigenvalue weighted by atomic mass is 16.2. The zero-order valence-corrected chi connectivity index (χ0v) is 9.63. The highest BCUT2D eigenvalue weighted by molar-refractivity contribution is 5.81. The van der Waals surface area contributed by atoms with Crippen LogP contribution in [-0.4, -0.2) is 30.9 Å². The number of hydrogen-bond acceptors (Lipinski definition) is 3. The zero-order valence-electron chi connectivity index (χ0n) is 9.63. The van der Waals surface area contributed by atoms with Crippen molar-refractivity contribution in [3.8, 4) is 0 Å². The van der Waals surface area contributed by atoms with Gasteiger partial charge < -0.3 is 16.4 Å². The van der Waals surface area contributed by atoms with Gasteiger partial charge >= 0.3 is 0 Å². The van der Waals surface area contributed by atoms with Crippen LogP contribution in [0.25, 0.3) is 0 Å². The summed E-state index contributed by atoms with van der Waals surface area (Å²) in [5, 5.41) is 5.54. The topological polar surface area (TPSA) is 84.2 Å². The molecule has 0 aliphatic carbocycles. The highest BCUT2D eigenvalue weighted by Gasteiger charge is 2.22. The third-order valence-corrected chi connectivity index (χ3v) is 2.70. The van der Waals surface area contributed by atoms with Gasteiger partial charge in [-0.2, -0.15) is 0 Å². The highest BCUT2D eigenvalue weighted by Crippen LogP contribution is 2.04. The van der Waals surface area contributed by atoms with Gasteiger partial charge in [0.1, 0.15) is 0 Å². The predicted octanol–water partition coefficient (Wildman–Crippen LogP) is -0.0997. The summed E-state index contributed by atoms with van der Waals surface area (Å²) < 4.78 is 0. The molecule has 1 heterocycles. The van der Waals surface area contributed by atoms with E-state index >= 15 is 0 Å². The first-order valence-electron chi connectivity index (χ1n) is 5.98. The molecule has 5 heteroatoms. The molecule has 1 fully saturated rings. The van der Waals surface area contributed by atoms with Crippen LogP contribution in [0.1, 0.15) is 38.5 Å². The van der Waals surface area contributed by atoms with Crippen molar-refractivity contribution in [2.45, 2.75) is 44.6 Å². The monoisotopic (exact) mass is 227 g/mol. The number of carbonyl (C=O) groups is 2. The lowest BCUT2D eigenvalue weighted by atomic mass is 10.1. The molecule has 1 unspecified atom stereocenters. The molecule has 0 aromatic carbocycles. The summed E-state index contributed by atoms with van der Waals surface area (Å²) in [6.45, 7) is 1.29. The Hall–Kier alpha value is -1.10. The van der Waals surface area contributed by atoms with Crippen LogP contribution in [0.4, 0.5) is 0 Å². The van der Waals surface area contributed by atoms with Crippen molar-refractivity contribution in [3.05, 3.63) is 0 Å². The van der Waals surface area contributed by atoms with Crippen molar-refractivity contribution in [3.63, 3.8) is 0 Å². The van der Waals surface area contributed by atoms with E-state index in [9.17, 15) is 9.59 Å². The van der Waals surface area contributed by atoms with Gasteiger partial charge in [-0.3, -0.25) is 9.59 Å². The number of carbonyl (C=O) groups excluding carboxylic acids is 2. The molecule has 1 saturated heterocycles. The van der Waals surface area contributed by atoms with E-state index in [1.807, 2.05) is 0 Å². The van der Waals surface area contributed by atoms with Crippen LogP contribution in [0, 0.1) is 0 Å². The second kappa shape index (κ2) is 7.22. The van der Waals surface area contributed by atoms with Gasteiger partial charge in [0.2, 0.25) is 11.8 Å². The third kappa shape index (κ3) is 5.11. The van der Waals surface area contributed by atoms with Gasteiger partial charge in [0, 0.05) is 19.4 Å². The van der Waals surface area contributed by atoms with Gasteiger partial charge in [-0.05, 0) is 19.4 Å². The molecule has 1 rings (SSSR count). The van der Waals surface area contributed by atoms with E-state index in [2.05, 4.69) is 10.6 Å². The molecule has 92 valence electrons. The van der Waals surface area contributed by atoms with Crippen LogP contribution < -0.4 is 16.4 Å². The van der Waals surface area contributed by atoms with Gasteiger partial charge in [-0.25, -0.2) is 0 Å². The molecule has 1 atom stereocenters. The van der Waals surface area contributed by atoms with Gasteiger partial charge in [-0.1, -0.05) is 12.8 Å². The van der Waals surface area contributed by atoms with E-state index in [-0.39, 0.29) is 17.9 Å². The predicted molar refractivity (Wildman–Crippen MR) is 61.7 cm³/mol. The Morgan fingerprint density at radius 3 is 2.75 bits per heavy atom. The average Bonchev–Trinajstić information content (AvgIpc) is 2.63. The number of unbranched alkanes of at least 4 members (excludes halogenated alkanes) is 3. The van der Waals surface area contributed by atoms with E-state index in [0.29, 0.717) is 19.4 Å². The quantitative estimate of drug-likeness (QED) is 0.531. The Morgan fingerprint density at radius 1 is 1.38 bits per heavy atom. The van der Waals surface area contributed by atoms with Crippen molar-refractivity contribution in [1.29, 1.82) is 0 Å². The van der Waals surface area contributed by atoms with E-state index < -0.39 is 0 Å². The smallest absolute Gasteiger partial charge is 0.222 e. The lowest BCUT2D eigenvalue weighted by Gasteiger charge is -2.09. The fraction of sp³-hybridized carbons (Fsp3) is 0.818. The van der Waals surface area contributed by atoms with E-state index in [4.69, 9.17) is 5.73 Å². The Kier molecular flexibility index (Phi) is 5.85. The average molecular weight is 227 g/mol. The maximum atomic E-state index is 11.5. The molecular weight excluding hydrogens is 206 g/mol. The van der Waals surface area contributed by atoms with E-state index in [1.165, 1.54) is 0 Å². The first-order chi connectivity index (χ1) is 7.72. The summed E-state index contributed by atoms with van der Waals surface area (Å²) in [6.07, 6.45) is 5.04. The first-order valence-corrected chi connectivity index (χ1v) is 5.98. The van der Waals surface area contributed by atoms with Crippen molar-refractivity contribution in [2.75, 3.05) is 13.1 Å². The van der Waals surface area contributed by atoms with Crippen LogP contribution >= 0.6 is 0 Å². The molecule has 1 aliphatic heterocycles. The second-order valence-electron chi connectivity index (χ2n) is 4.23. The minimum atomic E-state index is -0.0101. The lowest BCUT2D eigenvalue weighted by molar-refractivity contribution is -0.121.